The standard InChI is InChI=1S/C22H21N3O3S/c1-13(26)15-7-9-16(10-8-15)23-20(27)14(2)29-22-24-19-6-4-3-5-18(19)21(28)25(22)17-11-12-17/h3-10,14,17H,11-12H2,1-2H3,(H,23,27)/t14-/m0/s1. The van der Waals surface area contributed by atoms with Crippen LogP contribution in [0.5, 0.6) is 0 Å². The third-order valence-electron chi connectivity index (χ3n) is 4.90. The third kappa shape index (κ3) is 4.10. The van der Waals surface area contributed by atoms with Crippen molar-refractivity contribution >= 4 is 40.0 Å². The lowest BCUT2D eigenvalue weighted by molar-refractivity contribution is -0.115. The number of fused-ring (bicyclic) bond motifs is 1. The van der Waals surface area contributed by atoms with Crippen molar-refractivity contribution in [2.45, 2.75) is 43.1 Å². The second-order valence-electron chi connectivity index (χ2n) is 7.20. The second kappa shape index (κ2) is 7.83. The number of hydrogen-bond acceptors (Lipinski definition) is 5. The van der Waals surface area contributed by atoms with Crippen LogP contribution in [0.1, 0.15) is 43.1 Å². The van der Waals surface area contributed by atoms with Crippen molar-refractivity contribution in [3.8, 4) is 0 Å². The first-order valence-electron chi connectivity index (χ1n) is 9.54. The maximum atomic E-state index is 12.9. The molecule has 1 heterocycles. The van der Waals surface area contributed by atoms with Gasteiger partial charge in [-0.3, -0.25) is 19.0 Å². The molecule has 0 aliphatic heterocycles. The number of rotatable bonds is 6. The van der Waals surface area contributed by atoms with Crippen LogP contribution in [0.4, 0.5) is 5.69 Å². The van der Waals surface area contributed by atoms with Gasteiger partial charge in [0, 0.05) is 17.3 Å². The van der Waals surface area contributed by atoms with Gasteiger partial charge in [-0.2, -0.15) is 0 Å². The Morgan fingerprint density at radius 2 is 1.83 bits per heavy atom. The Morgan fingerprint density at radius 1 is 1.14 bits per heavy atom. The van der Waals surface area contributed by atoms with Crippen LogP contribution in [0.25, 0.3) is 10.9 Å². The van der Waals surface area contributed by atoms with E-state index in [0.717, 1.165) is 12.8 Å². The van der Waals surface area contributed by atoms with Gasteiger partial charge in [0.15, 0.2) is 10.9 Å². The van der Waals surface area contributed by atoms with E-state index in [1.54, 1.807) is 41.8 Å². The lowest BCUT2D eigenvalue weighted by atomic mass is 10.1. The molecule has 0 bridgehead atoms. The summed E-state index contributed by atoms with van der Waals surface area (Å²) in [5, 5.41) is 3.59. The molecule has 0 spiro atoms. The van der Waals surface area contributed by atoms with Gasteiger partial charge in [-0.15, -0.1) is 0 Å². The van der Waals surface area contributed by atoms with Gasteiger partial charge in [0.05, 0.1) is 16.2 Å². The number of nitrogens with one attached hydrogen (secondary N) is 1. The lowest BCUT2D eigenvalue weighted by Gasteiger charge is -2.16. The average Bonchev–Trinajstić information content (AvgIpc) is 3.53. The van der Waals surface area contributed by atoms with E-state index in [1.807, 2.05) is 18.2 Å². The van der Waals surface area contributed by atoms with Gasteiger partial charge in [-0.25, -0.2) is 4.98 Å². The fourth-order valence-electron chi connectivity index (χ4n) is 3.11. The summed E-state index contributed by atoms with van der Waals surface area (Å²) in [6, 6.07) is 14.3. The fraction of sp³-hybridized carbons (Fsp3) is 0.273. The van der Waals surface area contributed by atoms with Gasteiger partial charge in [0.2, 0.25) is 5.91 Å². The molecule has 1 fully saturated rings. The summed E-state index contributed by atoms with van der Waals surface area (Å²) in [5.41, 5.74) is 1.81. The molecule has 0 saturated heterocycles. The molecular weight excluding hydrogens is 386 g/mol. The van der Waals surface area contributed by atoms with Crippen molar-refractivity contribution in [1.82, 2.24) is 9.55 Å². The van der Waals surface area contributed by atoms with E-state index in [1.165, 1.54) is 18.7 Å². The van der Waals surface area contributed by atoms with Crippen LogP contribution in [0, 0.1) is 0 Å². The molecular formula is C22H21N3O3S. The van der Waals surface area contributed by atoms with Gasteiger partial charge in [0.1, 0.15) is 0 Å². The molecule has 148 valence electrons. The quantitative estimate of drug-likeness (QED) is 0.379. The van der Waals surface area contributed by atoms with Gasteiger partial charge in [0.25, 0.3) is 5.56 Å². The number of Topliss-reactive ketones (excluding diaryl/α,β-unsaturated/α-hetero) is 1. The normalized spacial score (nSPS) is 14.6. The molecule has 1 aliphatic carbocycles. The van der Waals surface area contributed by atoms with E-state index in [0.29, 0.717) is 27.3 Å². The Morgan fingerprint density at radius 3 is 2.48 bits per heavy atom. The minimum Gasteiger partial charge on any atom is -0.325 e. The van der Waals surface area contributed by atoms with Crippen molar-refractivity contribution in [3.63, 3.8) is 0 Å². The molecule has 1 amide bonds. The van der Waals surface area contributed by atoms with E-state index in [2.05, 4.69) is 10.3 Å². The average molecular weight is 407 g/mol. The Bertz CT molecular complexity index is 1150. The monoisotopic (exact) mass is 407 g/mol. The van der Waals surface area contributed by atoms with Crippen molar-refractivity contribution in [2.24, 2.45) is 0 Å². The minimum absolute atomic E-state index is 0.0211. The van der Waals surface area contributed by atoms with Crippen molar-refractivity contribution < 1.29 is 9.59 Å². The number of hydrogen-bond donors (Lipinski definition) is 1. The molecule has 4 rings (SSSR count). The first kappa shape index (κ1) is 19.4. The molecule has 1 aliphatic rings. The molecule has 1 N–H and O–H groups in total. The summed E-state index contributed by atoms with van der Waals surface area (Å²) in [6.07, 6.45) is 1.91. The largest absolute Gasteiger partial charge is 0.325 e. The van der Waals surface area contributed by atoms with Crippen LogP contribution in [-0.2, 0) is 4.79 Å². The van der Waals surface area contributed by atoms with Crippen LogP contribution in [0.15, 0.2) is 58.5 Å². The van der Waals surface area contributed by atoms with Crippen molar-refractivity contribution in [3.05, 3.63) is 64.4 Å². The SMILES string of the molecule is CC(=O)c1ccc(NC(=O)[C@H](C)Sc2nc3ccccc3c(=O)n2C2CC2)cc1. The zero-order valence-corrected chi connectivity index (χ0v) is 17.0. The summed E-state index contributed by atoms with van der Waals surface area (Å²) in [6.45, 7) is 3.30. The van der Waals surface area contributed by atoms with Crippen LogP contribution >= 0.6 is 11.8 Å². The minimum atomic E-state index is -0.444. The summed E-state index contributed by atoms with van der Waals surface area (Å²) in [7, 11) is 0. The number of benzene rings is 2. The number of para-hydroxylation sites is 1. The summed E-state index contributed by atoms with van der Waals surface area (Å²) in [5.74, 6) is -0.206. The highest BCUT2D eigenvalue weighted by molar-refractivity contribution is 8.00. The molecule has 7 heteroatoms. The van der Waals surface area contributed by atoms with Gasteiger partial charge in [-0.1, -0.05) is 23.9 Å². The topological polar surface area (TPSA) is 81.1 Å². The van der Waals surface area contributed by atoms with E-state index >= 15 is 0 Å². The zero-order chi connectivity index (χ0) is 20.5. The van der Waals surface area contributed by atoms with E-state index < -0.39 is 5.25 Å². The Balaban J connectivity index is 1.56. The number of amides is 1. The van der Waals surface area contributed by atoms with Crippen LogP contribution < -0.4 is 10.9 Å². The lowest BCUT2D eigenvalue weighted by Crippen LogP contribution is -2.26. The summed E-state index contributed by atoms with van der Waals surface area (Å²) >= 11 is 1.29. The Hall–Kier alpha value is -2.93. The molecule has 2 aromatic carbocycles. The van der Waals surface area contributed by atoms with Crippen LogP contribution in [-0.4, -0.2) is 26.5 Å². The molecule has 0 radical (unpaired) electrons. The number of anilines is 1. The highest BCUT2D eigenvalue weighted by Gasteiger charge is 2.30. The van der Waals surface area contributed by atoms with E-state index in [9.17, 15) is 14.4 Å². The van der Waals surface area contributed by atoms with Crippen molar-refractivity contribution in [1.29, 1.82) is 0 Å². The van der Waals surface area contributed by atoms with Gasteiger partial charge >= 0.3 is 0 Å². The van der Waals surface area contributed by atoms with Crippen molar-refractivity contribution in [2.75, 3.05) is 5.32 Å². The van der Waals surface area contributed by atoms with E-state index in [-0.39, 0.29) is 23.3 Å². The number of aromatic nitrogens is 2. The highest BCUT2D eigenvalue weighted by Crippen LogP contribution is 2.37. The first-order chi connectivity index (χ1) is 13.9. The molecule has 1 aromatic heterocycles. The maximum absolute atomic E-state index is 12.9. The molecule has 6 nitrogen and oxygen atoms in total. The first-order valence-corrected chi connectivity index (χ1v) is 10.4. The van der Waals surface area contributed by atoms with Crippen LogP contribution in [0.2, 0.25) is 0 Å². The summed E-state index contributed by atoms with van der Waals surface area (Å²) in [4.78, 5) is 41.7. The number of thioether (sulfide) groups is 1. The highest BCUT2D eigenvalue weighted by atomic mass is 32.2. The predicted octanol–water partition coefficient (Wildman–Crippen LogP) is 4.05. The summed E-state index contributed by atoms with van der Waals surface area (Å²) < 4.78 is 1.73. The third-order valence-corrected chi connectivity index (χ3v) is 5.96. The number of ketones is 1. The molecule has 3 aromatic rings. The molecule has 1 atom stereocenters. The molecule has 0 unspecified atom stereocenters. The number of carbonyl (C=O) groups is 2. The Labute approximate surface area is 172 Å². The van der Waals surface area contributed by atoms with Gasteiger partial charge in [-0.05, 0) is 63.1 Å². The van der Waals surface area contributed by atoms with E-state index in [4.69, 9.17) is 0 Å². The zero-order valence-electron chi connectivity index (χ0n) is 16.2. The molecule has 29 heavy (non-hydrogen) atoms. The second-order valence-corrected chi connectivity index (χ2v) is 8.51. The number of carbonyl (C=O) groups excluding carboxylic acids is 2. The molecule has 1 saturated carbocycles. The van der Waals surface area contributed by atoms with Gasteiger partial charge < -0.3 is 5.32 Å². The fourth-order valence-corrected chi connectivity index (χ4v) is 4.09. The smallest absolute Gasteiger partial charge is 0.262 e. The predicted molar refractivity (Wildman–Crippen MR) is 115 cm³/mol. The Kier molecular flexibility index (Phi) is 5.24. The van der Waals surface area contributed by atoms with Crippen LogP contribution in [0.3, 0.4) is 0 Å². The maximum Gasteiger partial charge on any atom is 0.262 e. The number of nitrogens with zero attached hydrogens (tertiary/aromatic N) is 2.